The van der Waals surface area contributed by atoms with Crippen molar-refractivity contribution in [2.75, 3.05) is 13.1 Å². The van der Waals surface area contributed by atoms with Gasteiger partial charge in [-0.25, -0.2) is 0 Å². The molecule has 27 heavy (non-hydrogen) atoms. The predicted octanol–water partition coefficient (Wildman–Crippen LogP) is 8.09. The minimum atomic E-state index is 0.644. The summed E-state index contributed by atoms with van der Waals surface area (Å²) < 4.78 is 0. The van der Waals surface area contributed by atoms with Crippen LogP contribution in [0.2, 0.25) is 0 Å². The average molecular weight is 379 g/mol. The molecule has 0 saturated heterocycles. The zero-order chi connectivity index (χ0) is 19.6. The van der Waals surface area contributed by atoms with Crippen molar-refractivity contribution in [1.29, 1.82) is 0 Å². The summed E-state index contributed by atoms with van der Waals surface area (Å²) in [5, 5.41) is 0. The first-order valence-corrected chi connectivity index (χ1v) is 12.5. The van der Waals surface area contributed by atoms with E-state index in [9.17, 15) is 0 Å². The van der Waals surface area contributed by atoms with Crippen LogP contribution < -0.4 is 0 Å². The van der Waals surface area contributed by atoms with Crippen LogP contribution in [0.3, 0.4) is 0 Å². The van der Waals surface area contributed by atoms with Crippen LogP contribution in [-0.2, 0) is 0 Å². The van der Waals surface area contributed by atoms with Crippen molar-refractivity contribution in [3.63, 3.8) is 0 Å². The Labute approximate surface area is 171 Å². The second kappa shape index (κ2) is 17.4. The molecule has 0 saturated carbocycles. The topological polar surface area (TPSA) is 6.48 Å². The lowest BCUT2D eigenvalue weighted by atomic mass is 10.1. The lowest BCUT2D eigenvalue weighted by Crippen LogP contribution is -2.39. The molecule has 0 unspecified atom stereocenters. The van der Waals surface area contributed by atoms with E-state index in [0.717, 1.165) is 0 Å². The summed E-state index contributed by atoms with van der Waals surface area (Å²) in [7, 11) is 0. The number of nitrogens with zero attached hydrogens (tertiary/aromatic N) is 2. The van der Waals surface area contributed by atoms with Crippen molar-refractivity contribution in [3.8, 4) is 0 Å². The zero-order valence-electron chi connectivity index (χ0n) is 19.1. The van der Waals surface area contributed by atoms with Gasteiger partial charge >= 0.3 is 0 Å². The third-order valence-corrected chi connectivity index (χ3v) is 6.07. The number of unbranched alkanes of at least 4 members (excludes halogenated alkanes) is 13. The van der Waals surface area contributed by atoms with Crippen LogP contribution >= 0.6 is 0 Å². The molecule has 2 heteroatoms. The molecular formula is C25H50N2. The van der Waals surface area contributed by atoms with Gasteiger partial charge in [0.1, 0.15) is 6.17 Å². The fourth-order valence-electron chi connectivity index (χ4n) is 4.23. The molecule has 0 amide bonds. The summed E-state index contributed by atoms with van der Waals surface area (Å²) in [5.74, 6) is 0. The van der Waals surface area contributed by atoms with Gasteiger partial charge in [0.25, 0.3) is 0 Å². The highest BCUT2D eigenvalue weighted by molar-refractivity contribution is 4.96. The molecule has 2 nitrogen and oxygen atoms in total. The van der Waals surface area contributed by atoms with Gasteiger partial charge in [0.05, 0.1) is 0 Å². The summed E-state index contributed by atoms with van der Waals surface area (Å²) in [4.78, 5) is 5.28. The van der Waals surface area contributed by atoms with Gasteiger partial charge < -0.3 is 9.80 Å². The highest BCUT2D eigenvalue weighted by Gasteiger charge is 2.24. The molecule has 0 N–H and O–H groups in total. The summed E-state index contributed by atoms with van der Waals surface area (Å²) in [6, 6.07) is 0. The SMILES string of the molecule is CCCCCCCCCN1C=CN(CCCCCCCCC)C1CCCC. The largest absolute Gasteiger partial charge is 0.356 e. The first-order valence-electron chi connectivity index (χ1n) is 12.5. The second-order valence-electron chi connectivity index (χ2n) is 8.64. The standard InChI is InChI=1S/C25H50N2/c1-4-7-10-12-14-16-18-21-26-23-24-27(25(26)20-9-6-3)22-19-17-15-13-11-8-5-2/h23-25H,4-22H2,1-3H3. The van der Waals surface area contributed by atoms with Crippen molar-refractivity contribution < 1.29 is 0 Å². The predicted molar refractivity (Wildman–Crippen MR) is 122 cm³/mol. The van der Waals surface area contributed by atoms with Gasteiger partial charge in [0.15, 0.2) is 0 Å². The van der Waals surface area contributed by atoms with Crippen molar-refractivity contribution in [1.82, 2.24) is 9.80 Å². The van der Waals surface area contributed by atoms with Crippen LogP contribution in [0.5, 0.6) is 0 Å². The fraction of sp³-hybridized carbons (Fsp3) is 0.920. The maximum atomic E-state index is 2.64. The maximum Gasteiger partial charge on any atom is 0.101 e. The maximum absolute atomic E-state index is 2.64. The molecule has 0 spiro atoms. The summed E-state index contributed by atoms with van der Waals surface area (Å²) >= 11 is 0. The van der Waals surface area contributed by atoms with Crippen LogP contribution in [0.25, 0.3) is 0 Å². The normalized spacial score (nSPS) is 14.6. The van der Waals surface area contributed by atoms with E-state index in [1.54, 1.807) is 0 Å². The number of hydrogen-bond acceptors (Lipinski definition) is 2. The number of rotatable bonds is 19. The van der Waals surface area contributed by atoms with Gasteiger partial charge in [-0.15, -0.1) is 0 Å². The van der Waals surface area contributed by atoms with E-state index < -0.39 is 0 Å². The lowest BCUT2D eigenvalue weighted by Gasteiger charge is -2.33. The smallest absolute Gasteiger partial charge is 0.101 e. The molecule has 0 atom stereocenters. The Bertz CT molecular complexity index is 311. The first-order chi connectivity index (χ1) is 13.3. The van der Waals surface area contributed by atoms with E-state index in [4.69, 9.17) is 0 Å². The molecule has 0 aromatic carbocycles. The molecule has 0 aromatic rings. The van der Waals surface area contributed by atoms with Crippen molar-refractivity contribution >= 4 is 0 Å². The Kier molecular flexibility index (Phi) is 15.7. The molecule has 160 valence electrons. The van der Waals surface area contributed by atoms with E-state index in [2.05, 4.69) is 43.0 Å². The van der Waals surface area contributed by atoms with Gasteiger partial charge in [-0.1, -0.05) is 104 Å². The molecular weight excluding hydrogens is 328 g/mol. The summed E-state index contributed by atoms with van der Waals surface area (Å²) in [5.41, 5.74) is 0. The van der Waals surface area contributed by atoms with Gasteiger partial charge in [-0.2, -0.15) is 0 Å². The van der Waals surface area contributed by atoms with E-state index in [-0.39, 0.29) is 0 Å². The quantitative estimate of drug-likeness (QED) is 0.209. The fourth-order valence-corrected chi connectivity index (χ4v) is 4.23. The first kappa shape index (κ1) is 24.4. The van der Waals surface area contributed by atoms with Crippen LogP contribution in [0.15, 0.2) is 12.4 Å². The van der Waals surface area contributed by atoms with Crippen molar-refractivity contribution in [2.24, 2.45) is 0 Å². The Balaban J connectivity index is 2.20. The van der Waals surface area contributed by atoms with Crippen LogP contribution in [-0.4, -0.2) is 29.1 Å². The molecule has 0 aromatic heterocycles. The third kappa shape index (κ3) is 11.7. The summed E-state index contributed by atoms with van der Waals surface area (Å²) in [6.07, 6.45) is 29.1. The molecule has 0 aliphatic carbocycles. The van der Waals surface area contributed by atoms with E-state index >= 15 is 0 Å². The monoisotopic (exact) mass is 378 g/mol. The molecule has 1 heterocycles. The van der Waals surface area contributed by atoms with Gasteiger partial charge in [-0.3, -0.25) is 0 Å². The van der Waals surface area contributed by atoms with Crippen LogP contribution in [0, 0.1) is 0 Å². The minimum absolute atomic E-state index is 0.644. The Hall–Kier alpha value is -0.660. The van der Waals surface area contributed by atoms with Gasteiger partial charge in [-0.05, 0) is 25.7 Å². The molecule has 0 bridgehead atoms. The highest BCUT2D eigenvalue weighted by atomic mass is 15.4. The van der Waals surface area contributed by atoms with E-state index in [0.29, 0.717) is 6.17 Å². The van der Waals surface area contributed by atoms with Crippen molar-refractivity contribution in [3.05, 3.63) is 12.4 Å². The van der Waals surface area contributed by atoms with Crippen molar-refractivity contribution in [2.45, 2.75) is 136 Å². The van der Waals surface area contributed by atoms with E-state index in [1.165, 1.54) is 122 Å². The highest BCUT2D eigenvalue weighted by Crippen LogP contribution is 2.23. The van der Waals surface area contributed by atoms with E-state index in [1.807, 2.05) is 0 Å². The summed E-state index contributed by atoms with van der Waals surface area (Å²) in [6.45, 7) is 9.44. The Morgan fingerprint density at radius 2 is 0.852 bits per heavy atom. The van der Waals surface area contributed by atoms with Crippen LogP contribution in [0.1, 0.15) is 130 Å². The lowest BCUT2D eigenvalue weighted by molar-refractivity contribution is 0.136. The molecule has 1 rings (SSSR count). The molecule has 0 radical (unpaired) electrons. The molecule has 0 fully saturated rings. The molecule has 1 aliphatic rings. The minimum Gasteiger partial charge on any atom is -0.356 e. The molecule has 1 aliphatic heterocycles. The van der Waals surface area contributed by atoms with Crippen LogP contribution in [0.4, 0.5) is 0 Å². The Morgan fingerprint density at radius 1 is 0.481 bits per heavy atom. The zero-order valence-corrected chi connectivity index (χ0v) is 19.1. The second-order valence-corrected chi connectivity index (χ2v) is 8.64. The average Bonchev–Trinajstić information content (AvgIpc) is 3.06. The van der Waals surface area contributed by atoms with Gasteiger partial charge in [0.2, 0.25) is 0 Å². The Morgan fingerprint density at radius 3 is 1.26 bits per heavy atom. The third-order valence-electron chi connectivity index (χ3n) is 6.07. The van der Waals surface area contributed by atoms with Gasteiger partial charge in [0, 0.05) is 25.5 Å². The number of hydrogen-bond donors (Lipinski definition) is 0.